The van der Waals surface area contributed by atoms with E-state index in [4.69, 9.17) is 9.15 Å². The van der Waals surface area contributed by atoms with E-state index in [1.54, 1.807) is 31.1 Å². The minimum Gasteiger partial charge on any atom is -0.480 e. The normalized spacial score (nSPS) is 12.0. The number of aryl methyl sites for hydroxylation is 2. The molecule has 0 bridgehead atoms. The van der Waals surface area contributed by atoms with Gasteiger partial charge in [-0.1, -0.05) is 38.0 Å². The molecule has 4 aromatic rings. The fraction of sp³-hybridized carbons (Fsp3) is 0.393. The van der Waals surface area contributed by atoms with Gasteiger partial charge in [-0.05, 0) is 38.0 Å². The number of pyridine rings is 1. The van der Waals surface area contributed by atoms with E-state index in [9.17, 15) is 9.59 Å². The monoisotopic (exact) mass is 503 g/mol. The fourth-order valence-corrected chi connectivity index (χ4v) is 4.34. The second-order valence-corrected chi connectivity index (χ2v) is 9.11. The highest BCUT2D eigenvalue weighted by molar-refractivity contribution is 5.93. The van der Waals surface area contributed by atoms with Crippen LogP contribution in [0.3, 0.4) is 0 Å². The summed E-state index contributed by atoms with van der Waals surface area (Å²) in [6.07, 6.45) is 5.91. The van der Waals surface area contributed by atoms with Crippen molar-refractivity contribution in [1.29, 1.82) is 0 Å². The molecular weight excluding hydrogens is 470 g/mol. The topological polar surface area (TPSA) is 112 Å². The van der Waals surface area contributed by atoms with E-state index in [2.05, 4.69) is 20.4 Å². The molecule has 194 valence electrons. The Morgan fingerprint density at radius 2 is 1.97 bits per heavy atom. The van der Waals surface area contributed by atoms with E-state index in [0.29, 0.717) is 48.1 Å². The lowest BCUT2D eigenvalue weighted by atomic mass is 10.0. The molecule has 0 saturated heterocycles. The molecule has 9 nitrogen and oxygen atoms in total. The van der Waals surface area contributed by atoms with Gasteiger partial charge < -0.3 is 14.5 Å². The van der Waals surface area contributed by atoms with Crippen LogP contribution in [0.5, 0.6) is 5.88 Å². The van der Waals surface area contributed by atoms with E-state index in [0.717, 1.165) is 35.9 Å². The maximum atomic E-state index is 13.1. The number of rotatable bonds is 12. The molecule has 1 aromatic carbocycles. The maximum Gasteiger partial charge on any atom is 0.270 e. The van der Waals surface area contributed by atoms with Crippen molar-refractivity contribution < 1.29 is 18.7 Å². The Labute approximate surface area is 216 Å². The lowest BCUT2D eigenvalue weighted by Crippen LogP contribution is -2.30. The van der Waals surface area contributed by atoms with Crippen LogP contribution in [0.15, 0.2) is 47.0 Å². The van der Waals surface area contributed by atoms with E-state index in [1.807, 2.05) is 44.2 Å². The molecule has 3 heterocycles. The lowest BCUT2D eigenvalue weighted by Gasteiger charge is -2.16. The molecule has 37 heavy (non-hydrogen) atoms. The SMILES string of the molecule is CCC(=O)CCCCCC(NC(=O)c1cc(C)nn1C)c1ncc(-c2cc3ccccc3nc2OC)o1. The summed E-state index contributed by atoms with van der Waals surface area (Å²) in [7, 11) is 3.31. The third kappa shape index (κ3) is 6.22. The van der Waals surface area contributed by atoms with Crippen molar-refractivity contribution in [3.8, 4) is 17.2 Å². The Morgan fingerprint density at radius 1 is 1.16 bits per heavy atom. The van der Waals surface area contributed by atoms with E-state index in [-0.39, 0.29) is 11.7 Å². The van der Waals surface area contributed by atoms with Crippen molar-refractivity contribution in [3.63, 3.8) is 0 Å². The first-order chi connectivity index (χ1) is 17.9. The standard InChI is InChI=1S/C28H33N5O4/c1-5-20(34)12-7-6-8-14-23(30-26(35)24-15-18(2)32-33(24)3)28-29-17-25(37-28)21-16-19-11-9-10-13-22(19)31-27(21)36-4/h9-11,13,15-17,23H,5-8,12,14H2,1-4H3,(H,30,35). The predicted molar refractivity (Wildman–Crippen MR) is 140 cm³/mol. The van der Waals surface area contributed by atoms with Gasteiger partial charge in [0.1, 0.15) is 17.5 Å². The molecule has 0 saturated carbocycles. The van der Waals surface area contributed by atoms with Crippen molar-refractivity contribution >= 4 is 22.6 Å². The van der Waals surface area contributed by atoms with Crippen molar-refractivity contribution in [2.45, 2.75) is 58.4 Å². The highest BCUT2D eigenvalue weighted by Crippen LogP contribution is 2.33. The Balaban J connectivity index is 1.57. The Hall–Kier alpha value is -4.01. The number of oxazole rings is 1. The number of unbranched alkanes of at least 4 members (excludes halogenated alkanes) is 2. The number of amides is 1. The minimum atomic E-state index is -0.447. The number of ketones is 1. The minimum absolute atomic E-state index is 0.251. The highest BCUT2D eigenvalue weighted by Gasteiger charge is 2.24. The molecule has 0 spiro atoms. The first-order valence-electron chi connectivity index (χ1n) is 12.6. The number of methoxy groups -OCH3 is 1. The zero-order valence-corrected chi connectivity index (χ0v) is 21.8. The summed E-state index contributed by atoms with van der Waals surface area (Å²) in [4.78, 5) is 33.8. The first-order valence-corrected chi connectivity index (χ1v) is 12.6. The number of benzene rings is 1. The first kappa shape index (κ1) is 26.1. The van der Waals surface area contributed by atoms with E-state index < -0.39 is 6.04 Å². The Kier molecular flexibility index (Phi) is 8.32. The number of nitrogens with zero attached hydrogens (tertiary/aromatic N) is 4. The zero-order valence-electron chi connectivity index (χ0n) is 21.8. The summed E-state index contributed by atoms with van der Waals surface area (Å²) < 4.78 is 13.3. The predicted octanol–water partition coefficient (Wildman–Crippen LogP) is 5.34. The van der Waals surface area contributed by atoms with Crippen LogP contribution < -0.4 is 10.1 Å². The molecule has 9 heteroatoms. The van der Waals surface area contributed by atoms with Crippen LogP contribution in [0.1, 0.15) is 73.6 Å². The van der Waals surface area contributed by atoms with Gasteiger partial charge in [0.2, 0.25) is 11.8 Å². The van der Waals surface area contributed by atoms with Crippen molar-refractivity contribution in [2.24, 2.45) is 7.05 Å². The third-order valence-corrected chi connectivity index (χ3v) is 6.35. The number of carbonyl (C=O) groups is 2. The van der Waals surface area contributed by atoms with Crippen molar-refractivity contribution in [3.05, 3.63) is 59.9 Å². The number of para-hydroxylation sites is 1. The number of hydrogen-bond acceptors (Lipinski definition) is 7. The van der Waals surface area contributed by atoms with E-state index in [1.165, 1.54) is 0 Å². The molecule has 0 aliphatic heterocycles. The molecule has 3 aromatic heterocycles. The molecule has 1 amide bonds. The number of carbonyl (C=O) groups excluding carboxylic acids is 2. The molecule has 1 atom stereocenters. The highest BCUT2D eigenvalue weighted by atomic mass is 16.5. The number of nitrogens with one attached hydrogen (secondary N) is 1. The van der Waals surface area contributed by atoms with Crippen molar-refractivity contribution in [2.75, 3.05) is 7.11 Å². The van der Waals surface area contributed by atoms with E-state index >= 15 is 0 Å². The van der Waals surface area contributed by atoms with Crippen LogP contribution in [0, 0.1) is 6.92 Å². The number of aromatic nitrogens is 4. The van der Waals surface area contributed by atoms with Gasteiger partial charge >= 0.3 is 0 Å². The molecule has 0 fully saturated rings. The average molecular weight is 504 g/mol. The summed E-state index contributed by atoms with van der Waals surface area (Å²) in [6.45, 7) is 3.73. The summed E-state index contributed by atoms with van der Waals surface area (Å²) in [5.41, 5.74) is 2.73. The van der Waals surface area contributed by atoms with Crippen LogP contribution in [-0.4, -0.2) is 38.5 Å². The van der Waals surface area contributed by atoms with Crippen LogP contribution in [-0.2, 0) is 11.8 Å². The second kappa shape index (κ2) is 11.8. The van der Waals surface area contributed by atoms with Gasteiger partial charge in [0.15, 0.2) is 5.76 Å². The number of hydrogen-bond donors (Lipinski definition) is 1. The second-order valence-electron chi connectivity index (χ2n) is 9.11. The third-order valence-electron chi connectivity index (χ3n) is 6.35. The largest absolute Gasteiger partial charge is 0.480 e. The number of Topliss-reactive ketones (excluding diaryl/α,β-unsaturated/α-hetero) is 1. The molecule has 1 unspecified atom stereocenters. The number of fused-ring (bicyclic) bond motifs is 1. The molecule has 4 rings (SSSR count). The zero-order chi connectivity index (χ0) is 26.4. The van der Waals surface area contributed by atoms with Gasteiger partial charge in [-0.3, -0.25) is 14.3 Å². The lowest BCUT2D eigenvalue weighted by molar-refractivity contribution is -0.118. The van der Waals surface area contributed by atoms with Gasteiger partial charge in [0.05, 0.1) is 30.1 Å². The summed E-state index contributed by atoms with van der Waals surface area (Å²) >= 11 is 0. The quantitative estimate of drug-likeness (QED) is 0.260. The van der Waals surface area contributed by atoms with Gasteiger partial charge in [-0.2, -0.15) is 5.10 Å². The van der Waals surface area contributed by atoms with Gasteiger partial charge in [-0.15, -0.1) is 0 Å². The molecular formula is C28H33N5O4. The Bertz CT molecular complexity index is 1390. The van der Waals surface area contributed by atoms with Crippen molar-refractivity contribution in [1.82, 2.24) is 25.1 Å². The van der Waals surface area contributed by atoms with Crippen LogP contribution >= 0.6 is 0 Å². The summed E-state index contributed by atoms with van der Waals surface area (Å²) in [5, 5.41) is 8.30. The van der Waals surface area contributed by atoms with Crippen LogP contribution in [0.4, 0.5) is 0 Å². The van der Waals surface area contributed by atoms with Crippen LogP contribution in [0.2, 0.25) is 0 Å². The summed E-state index contributed by atoms with van der Waals surface area (Å²) in [6, 6.07) is 11.0. The molecule has 0 radical (unpaired) electrons. The van der Waals surface area contributed by atoms with Gasteiger partial charge in [-0.25, -0.2) is 9.97 Å². The fourth-order valence-electron chi connectivity index (χ4n) is 4.34. The number of ether oxygens (including phenoxy) is 1. The van der Waals surface area contributed by atoms with Gasteiger partial charge in [0, 0.05) is 25.3 Å². The van der Waals surface area contributed by atoms with Crippen LogP contribution in [0.25, 0.3) is 22.2 Å². The average Bonchev–Trinajstić information content (AvgIpc) is 3.52. The summed E-state index contributed by atoms with van der Waals surface area (Å²) in [5.74, 6) is 1.37. The maximum absolute atomic E-state index is 13.1. The van der Waals surface area contributed by atoms with Gasteiger partial charge in [0.25, 0.3) is 5.91 Å². The Morgan fingerprint density at radius 3 is 2.70 bits per heavy atom. The molecule has 0 aliphatic rings. The molecule has 0 aliphatic carbocycles. The molecule has 1 N–H and O–H groups in total. The smallest absolute Gasteiger partial charge is 0.270 e.